The van der Waals surface area contributed by atoms with Crippen LogP contribution in [0.15, 0.2) is 18.2 Å². The van der Waals surface area contributed by atoms with Crippen LogP contribution in [0.5, 0.6) is 11.5 Å². The van der Waals surface area contributed by atoms with Gasteiger partial charge in [-0.25, -0.2) is 0 Å². The third kappa shape index (κ3) is 5.21. The second-order valence-electron chi connectivity index (χ2n) is 4.52. The maximum atomic E-state index is 12.0. The van der Waals surface area contributed by atoms with E-state index in [1.165, 1.54) is 0 Å². The minimum atomic E-state index is 0.0511. The highest BCUT2D eigenvalue weighted by atomic mass is 16.5. The van der Waals surface area contributed by atoms with Crippen molar-refractivity contribution in [3.63, 3.8) is 0 Å². The van der Waals surface area contributed by atoms with Gasteiger partial charge in [0.15, 0.2) is 17.3 Å². The largest absolute Gasteiger partial charge is 0.490 e. The molecule has 0 aliphatic carbocycles. The SMILES string of the molecule is CCCOc1ccc(C(=O)CCOC)cc1OCCC. The Kier molecular flexibility index (Phi) is 7.73. The number of ketones is 1. The lowest BCUT2D eigenvalue weighted by atomic mass is 10.1. The molecule has 4 heteroatoms. The lowest BCUT2D eigenvalue weighted by Crippen LogP contribution is -2.06. The molecule has 0 aromatic heterocycles. The summed E-state index contributed by atoms with van der Waals surface area (Å²) in [6.07, 6.45) is 2.22. The van der Waals surface area contributed by atoms with E-state index >= 15 is 0 Å². The van der Waals surface area contributed by atoms with Crippen molar-refractivity contribution in [1.82, 2.24) is 0 Å². The Balaban J connectivity index is 2.85. The summed E-state index contributed by atoms with van der Waals surface area (Å²) in [5.74, 6) is 1.39. The van der Waals surface area contributed by atoms with E-state index in [-0.39, 0.29) is 5.78 Å². The zero-order valence-corrected chi connectivity index (χ0v) is 12.6. The molecular weight excluding hydrogens is 256 g/mol. The van der Waals surface area contributed by atoms with Crippen LogP contribution in [0.4, 0.5) is 0 Å². The first-order chi connectivity index (χ1) is 9.72. The summed E-state index contributed by atoms with van der Waals surface area (Å²) in [5.41, 5.74) is 0.636. The van der Waals surface area contributed by atoms with Crippen molar-refractivity contribution in [2.24, 2.45) is 0 Å². The molecule has 0 aliphatic rings. The molecule has 0 saturated heterocycles. The van der Waals surface area contributed by atoms with Gasteiger partial charge in [0.2, 0.25) is 0 Å². The van der Waals surface area contributed by atoms with Crippen LogP contribution >= 0.6 is 0 Å². The fraction of sp³-hybridized carbons (Fsp3) is 0.562. The number of carbonyl (C=O) groups is 1. The molecule has 1 rings (SSSR count). The molecule has 0 heterocycles. The van der Waals surface area contributed by atoms with Crippen LogP contribution in [0.2, 0.25) is 0 Å². The Labute approximate surface area is 121 Å². The van der Waals surface area contributed by atoms with Crippen molar-refractivity contribution in [3.05, 3.63) is 23.8 Å². The van der Waals surface area contributed by atoms with Crippen LogP contribution in [0.3, 0.4) is 0 Å². The quantitative estimate of drug-likeness (QED) is 0.615. The molecule has 1 aromatic carbocycles. The fourth-order valence-corrected chi connectivity index (χ4v) is 1.68. The second kappa shape index (κ2) is 9.37. The number of carbonyl (C=O) groups excluding carboxylic acids is 1. The fourth-order valence-electron chi connectivity index (χ4n) is 1.68. The van der Waals surface area contributed by atoms with Crippen molar-refractivity contribution >= 4 is 5.78 Å². The van der Waals surface area contributed by atoms with Gasteiger partial charge in [-0.15, -0.1) is 0 Å². The second-order valence-corrected chi connectivity index (χ2v) is 4.52. The predicted octanol–water partition coefficient (Wildman–Crippen LogP) is 3.48. The smallest absolute Gasteiger partial charge is 0.165 e. The van der Waals surface area contributed by atoms with Gasteiger partial charge in [0.1, 0.15) is 0 Å². The monoisotopic (exact) mass is 280 g/mol. The zero-order valence-electron chi connectivity index (χ0n) is 12.6. The van der Waals surface area contributed by atoms with Crippen LogP contribution in [-0.4, -0.2) is 32.7 Å². The van der Waals surface area contributed by atoms with Crippen LogP contribution in [0.25, 0.3) is 0 Å². The number of hydrogen-bond donors (Lipinski definition) is 0. The Bertz CT molecular complexity index is 415. The van der Waals surface area contributed by atoms with E-state index < -0.39 is 0 Å². The van der Waals surface area contributed by atoms with Crippen LogP contribution < -0.4 is 9.47 Å². The third-order valence-corrected chi connectivity index (χ3v) is 2.72. The van der Waals surface area contributed by atoms with E-state index in [0.717, 1.165) is 12.8 Å². The summed E-state index contributed by atoms with van der Waals surface area (Å²) < 4.78 is 16.2. The first kappa shape index (κ1) is 16.5. The molecule has 0 aliphatic heterocycles. The van der Waals surface area contributed by atoms with Crippen LogP contribution in [-0.2, 0) is 4.74 Å². The molecule has 112 valence electrons. The summed E-state index contributed by atoms with van der Waals surface area (Å²) in [6.45, 7) is 5.77. The van der Waals surface area contributed by atoms with Gasteiger partial charge < -0.3 is 14.2 Å². The highest BCUT2D eigenvalue weighted by Gasteiger charge is 2.11. The van der Waals surface area contributed by atoms with Gasteiger partial charge in [-0.05, 0) is 31.0 Å². The number of rotatable bonds is 10. The van der Waals surface area contributed by atoms with Gasteiger partial charge in [0.05, 0.1) is 19.8 Å². The van der Waals surface area contributed by atoms with E-state index in [4.69, 9.17) is 14.2 Å². The molecule has 1 aromatic rings. The standard InChI is InChI=1S/C16H24O4/c1-4-9-19-15-7-6-13(14(17)8-11-18-3)12-16(15)20-10-5-2/h6-7,12H,4-5,8-11H2,1-3H3. The van der Waals surface area contributed by atoms with Crippen molar-refractivity contribution in [3.8, 4) is 11.5 Å². The molecular formula is C16H24O4. The van der Waals surface area contributed by atoms with Crippen molar-refractivity contribution in [1.29, 1.82) is 0 Å². The first-order valence-electron chi connectivity index (χ1n) is 7.14. The zero-order chi connectivity index (χ0) is 14.8. The van der Waals surface area contributed by atoms with Crippen LogP contribution in [0.1, 0.15) is 43.5 Å². The average Bonchev–Trinajstić information content (AvgIpc) is 2.48. The molecule has 0 saturated carbocycles. The number of benzene rings is 1. The molecule has 0 bridgehead atoms. The number of hydrogen-bond acceptors (Lipinski definition) is 4. The summed E-state index contributed by atoms with van der Waals surface area (Å²) >= 11 is 0. The topological polar surface area (TPSA) is 44.8 Å². The maximum absolute atomic E-state index is 12.0. The lowest BCUT2D eigenvalue weighted by molar-refractivity contribution is 0.0931. The molecule has 0 amide bonds. The van der Waals surface area contributed by atoms with Gasteiger partial charge in [0, 0.05) is 19.1 Å². The van der Waals surface area contributed by atoms with Gasteiger partial charge in [-0.3, -0.25) is 4.79 Å². The highest BCUT2D eigenvalue weighted by Crippen LogP contribution is 2.29. The number of Topliss-reactive ketones (excluding diaryl/α,β-unsaturated/α-hetero) is 1. The molecule has 0 atom stereocenters. The molecule has 4 nitrogen and oxygen atoms in total. The molecule has 20 heavy (non-hydrogen) atoms. The van der Waals surface area contributed by atoms with Crippen molar-refractivity contribution < 1.29 is 19.0 Å². The average molecular weight is 280 g/mol. The summed E-state index contributed by atoms with van der Waals surface area (Å²) in [7, 11) is 1.59. The van der Waals surface area contributed by atoms with E-state index in [9.17, 15) is 4.79 Å². The highest BCUT2D eigenvalue weighted by molar-refractivity contribution is 5.96. The Hall–Kier alpha value is -1.55. The summed E-state index contributed by atoms with van der Waals surface area (Å²) in [6, 6.07) is 5.35. The maximum Gasteiger partial charge on any atom is 0.165 e. The summed E-state index contributed by atoms with van der Waals surface area (Å²) in [5, 5.41) is 0. The van der Waals surface area contributed by atoms with Crippen molar-refractivity contribution in [2.45, 2.75) is 33.1 Å². The van der Waals surface area contributed by atoms with E-state index in [1.54, 1.807) is 25.3 Å². The molecule has 0 spiro atoms. The van der Waals surface area contributed by atoms with Gasteiger partial charge in [-0.2, -0.15) is 0 Å². The summed E-state index contributed by atoms with van der Waals surface area (Å²) in [4.78, 5) is 12.0. The first-order valence-corrected chi connectivity index (χ1v) is 7.14. The molecule has 0 unspecified atom stereocenters. The Morgan fingerprint density at radius 3 is 2.25 bits per heavy atom. The Morgan fingerprint density at radius 2 is 1.65 bits per heavy atom. The minimum absolute atomic E-state index is 0.0511. The Morgan fingerprint density at radius 1 is 1.00 bits per heavy atom. The molecule has 0 fully saturated rings. The van der Waals surface area contributed by atoms with Crippen molar-refractivity contribution in [2.75, 3.05) is 26.9 Å². The molecule has 0 N–H and O–H groups in total. The van der Waals surface area contributed by atoms with E-state index in [0.29, 0.717) is 43.3 Å². The normalized spacial score (nSPS) is 10.3. The predicted molar refractivity (Wildman–Crippen MR) is 78.8 cm³/mol. The van der Waals surface area contributed by atoms with Crippen LogP contribution in [0, 0.1) is 0 Å². The number of ether oxygens (including phenoxy) is 3. The lowest BCUT2D eigenvalue weighted by Gasteiger charge is -2.13. The van der Waals surface area contributed by atoms with E-state index in [1.807, 2.05) is 6.92 Å². The van der Waals surface area contributed by atoms with Gasteiger partial charge in [-0.1, -0.05) is 13.8 Å². The number of methoxy groups -OCH3 is 1. The van der Waals surface area contributed by atoms with Gasteiger partial charge >= 0.3 is 0 Å². The molecule has 0 radical (unpaired) electrons. The van der Waals surface area contributed by atoms with Gasteiger partial charge in [0.25, 0.3) is 0 Å². The third-order valence-electron chi connectivity index (χ3n) is 2.72. The van der Waals surface area contributed by atoms with E-state index in [2.05, 4.69) is 6.92 Å². The minimum Gasteiger partial charge on any atom is -0.490 e.